The summed E-state index contributed by atoms with van der Waals surface area (Å²) < 4.78 is 1.91. The fraction of sp³-hybridized carbons (Fsp3) is 0. The normalized spacial score (nSPS) is 11.2. The zero-order valence-corrected chi connectivity index (χ0v) is 10.9. The van der Waals surface area contributed by atoms with Crippen LogP contribution in [0.15, 0.2) is 59.7 Å². The molecule has 0 amide bonds. The molecule has 0 radical (unpaired) electrons. The summed E-state index contributed by atoms with van der Waals surface area (Å²) in [5.74, 6) is 0.220. The van der Waals surface area contributed by atoms with Crippen molar-refractivity contribution in [1.29, 1.82) is 0 Å². The molecule has 5 heteroatoms. The zero-order valence-electron chi connectivity index (χ0n) is 10.9. The highest BCUT2D eigenvalue weighted by molar-refractivity contribution is 6.03. The van der Waals surface area contributed by atoms with Gasteiger partial charge in [0.05, 0.1) is 16.7 Å². The first-order valence-electron chi connectivity index (χ1n) is 6.51. The third kappa shape index (κ3) is 1.79. The molecule has 102 valence electrons. The standard InChI is InChI=1S/C16H11N3O2/c20-12-3-1-11(2-4-12)19-16-10(9-18-19)8-17-15-7-13(21)5-6-14(15)16/h1-9,18,20H. The Labute approximate surface area is 119 Å². The Bertz CT molecular complexity index is 1010. The monoisotopic (exact) mass is 277 g/mol. The number of aromatic hydroxyl groups is 1. The SMILES string of the molecule is O=c1ccc2c(c1)ncc1c[nH]n(-c3ccc(O)cc3)c12. The van der Waals surface area contributed by atoms with Gasteiger partial charge in [-0.15, -0.1) is 0 Å². The van der Waals surface area contributed by atoms with E-state index in [9.17, 15) is 9.90 Å². The molecular weight excluding hydrogens is 266 g/mol. The van der Waals surface area contributed by atoms with Crippen molar-refractivity contribution >= 4 is 21.8 Å². The van der Waals surface area contributed by atoms with Crippen LogP contribution < -0.4 is 5.43 Å². The Morgan fingerprint density at radius 3 is 2.71 bits per heavy atom. The minimum absolute atomic E-state index is 0.0546. The Morgan fingerprint density at radius 1 is 1.10 bits per heavy atom. The maximum atomic E-state index is 11.5. The average Bonchev–Trinajstić information content (AvgIpc) is 2.92. The molecule has 21 heavy (non-hydrogen) atoms. The second-order valence-electron chi connectivity index (χ2n) is 4.87. The summed E-state index contributed by atoms with van der Waals surface area (Å²) in [6.45, 7) is 0. The lowest BCUT2D eigenvalue weighted by Gasteiger charge is -2.07. The molecule has 2 N–H and O–H groups in total. The summed E-state index contributed by atoms with van der Waals surface area (Å²) in [6, 6.07) is 11.8. The number of H-pyrrole nitrogens is 1. The first-order chi connectivity index (χ1) is 10.2. The van der Waals surface area contributed by atoms with E-state index >= 15 is 0 Å². The highest BCUT2D eigenvalue weighted by Crippen LogP contribution is 2.25. The number of rotatable bonds is 1. The topological polar surface area (TPSA) is 70.9 Å². The van der Waals surface area contributed by atoms with Crippen molar-refractivity contribution in [2.75, 3.05) is 0 Å². The minimum atomic E-state index is -0.0546. The number of fused-ring (bicyclic) bond motifs is 3. The van der Waals surface area contributed by atoms with Crippen LogP contribution in [0.4, 0.5) is 0 Å². The third-order valence-corrected chi connectivity index (χ3v) is 3.52. The maximum Gasteiger partial charge on any atom is 0.180 e. The molecule has 0 saturated carbocycles. The molecule has 4 rings (SSSR count). The summed E-state index contributed by atoms with van der Waals surface area (Å²) in [4.78, 5) is 15.8. The number of hydrogen-bond acceptors (Lipinski definition) is 3. The maximum absolute atomic E-state index is 11.5. The molecule has 0 spiro atoms. The zero-order chi connectivity index (χ0) is 14.4. The van der Waals surface area contributed by atoms with Crippen molar-refractivity contribution in [2.45, 2.75) is 0 Å². The van der Waals surface area contributed by atoms with Crippen molar-refractivity contribution < 1.29 is 5.11 Å². The first kappa shape index (κ1) is 11.7. The molecule has 0 saturated heterocycles. The Kier molecular flexibility index (Phi) is 2.35. The van der Waals surface area contributed by atoms with Crippen molar-refractivity contribution in [3.63, 3.8) is 0 Å². The largest absolute Gasteiger partial charge is 0.508 e. The van der Waals surface area contributed by atoms with Crippen molar-refractivity contribution in [3.05, 3.63) is 65.1 Å². The van der Waals surface area contributed by atoms with Gasteiger partial charge in [-0.1, -0.05) is 0 Å². The van der Waals surface area contributed by atoms with Gasteiger partial charge < -0.3 is 10.2 Å². The van der Waals surface area contributed by atoms with Gasteiger partial charge in [0.25, 0.3) is 0 Å². The number of phenolic OH excluding ortho intramolecular Hbond substituents is 1. The summed E-state index contributed by atoms with van der Waals surface area (Å²) in [5.41, 5.74) is 2.45. The summed E-state index contributed by atoms with van der Waals surface area (Å²) in [6.07, 6.45) is 3.60. The molecule has 2 aromatic heterocycles. The van der Waals surface area contributed by atoms with Crippen LogP contribution >= 0.6 is 0 Å². The third-order valence-electron chi connectivity index (χ3n) is 3.52. The lowest BCUT2D eigenvalue weighted by molar-refractivity contribution is 0.475. The number of aromatic nitrogens is 3. The van der Waals surface area contributed by atoms with E-state index in [4.69, 9.17) is 0 Å². The van der Waals surface area contributed by atoms with Crippen molar-refractivity contribution in [1.82, 2.24) is 14.8 Å². The number of nitrogens with zero attached hydrogens (tertiary/aromatic N) is 2. The van der Waals surface area contributed by atoms with Gasteiger partial charge in [0.2, 0.25) is 0 Å². The van der Waals surface area contributed by atoms with Gasteiger partial charge >= 0.3 is 0 Å². The fourth-order valence-electron chi connectivity index (χ4n) is 2.53. The van der Waals surface area contributed by atoms with Gasteiger partial charge in [0.1, 0.15) is 5.75 Å². The van der Waals surface area contributed by atoms with Crippen LogP contribution in [-0.2, 0) is 0 Å². The van der Waals surface area contributed by atoms with Crippen LogP contribution in [0, 0.1) is 0 Å². The molecule has 2 aromatic carbocycles. The van der Waals surface area contributed by atoms with Crippen LogP contribution in [-0.4, -0.2) is 19.9 Å². The summed E-state index contributed by atoms with van der Waals surface area (Å²) in [7, 11) is 0. The Morgan fingerprint density at radius 2 is 1.90 bits per heavy atom. The van der Waals surface area contributed by atoms with E-state index in [1.807, 2.05) is 23.0 Å². The first-order valence-corrected chi connectivity index (χ1v) is 6.51. The average molecular weight is 277 g/mol. The van der Waals surface area contributed by atoms with E-state index in [2.05, 4.69) is 10.1 Å². The number of hydrogen-bond donors (Lipinski definition) is 2. The molecule has 2 heterocycles. The molecular formula is C16H11N3O2. The van der Waals surface area contributed by atoms with Gasteiger partial charge in [-0.05, 0) is 36.4 Å². The van der Waals surface area contributed by atoms with E-state index < -0.39 is 0 Å². The second-order valence-corrected chi connectivity index (χ2v) is 4.87. The van der Waals surface area contributed by atoms with Crippen LogP contribution in [0.1, 0.15) is 0 Å². The molecule has 0 fully saturated rings. The number of pyridine rings is 1. The van der Waals surface area contributed by atoms with Crippen LogP contribution in [0.25, 0.3) is 27.5 Å². The molecule has 0 aliphatic carbocycles. The van der Waals surface area contributed by atoms with Crippen molar-refractivity contribution in [2.24, 2.45) is 0 Å². The predicted octanol–water partition coefficient (Wildman–Crippen LogP) is 2.57. The Hall–Kier alpha value is -3.08. The van der Waals surface area contributed by atoms with Crippen LogP contribution in [0.2, 0.25) is 0 Å². The predicted molar refractivity (Wildman–Crippen MR) is 80.9 cm³/mol. The van der Waals surface area contributed by atoms with Gasteiger partial charge in [0.15, 0.2) is 5.43 Å². The van der Waals surface area contributed by atoms with E-state index in [1.54, 1.807) is 24.4 Å². The van der Waals surface area contributed by atoms with E-state index in [0.29, 0.717) is 5.52 Å². The molecule has 0 aliphatic rings. The lowest BCUT2D eigenvalue weighted by atomic mass is 10.1. The van der Waals surface area contributed by atoms with Gasteiger partial charge in [-0.3, -0.25) is 14.5 Å². The molecule has 0 aliphatic heterocycles. The second kappa shape index (κ2) is 4.21. The van der Waals surface area contributed by atoms with Gasteiger partial charge in [-0.25, -0.2) is 0 Å². The van der Waals surface area contributed by atoms with Gasteiger partial charge in [0, 0.05) is 29.2 Å². The highest BCUT2D eigenvalue weighted by atomic mass is 16.3. The highest BCUT2D eigenvalue weighted by Gasteiger charge is 2.09. The number of nitrogens with one attached hydrogen (secondary N) is 1. The van der Waals surface area contributed by atoms with Crippen molar-refractivity contribution in [3.8, 4) is 11.4 Å². The van der Waals surface area contributed by atoms with Gasteiger partial charge in [-0.2, -0.15) is 0 Å². The number of phenols is 1. The summed E-state index contributed by atoms with van der Waals surface area (Å²) >= 11 is 0. The lowest BCUT2D eigenvalue weighted by Crippen LogP contribution is -1.99. The number of aromatic amines is 1. The quantitative estimate of drug-likeness (QED) is 0.561. The van der Waals surface area contributed by atoms with E-state index in [0.717, 1.165) is 22.0 Å². The van der Waals surface area contributed by atoms with E-state index in [-0.39, 0.29) is 11.2 Å². The summed E-state index contributed by atoms with van der Waals surface area (Å²) in [5, 5.41) is 14.4. The fourth-order valence-corrected chi connectivity index (χ4v) is 2.53. The Balaban J connectivity index is 2.10. The molecule has 4 aromatic rings. The smallest absolute Gasteiger partial charge is 0.180 e. The molecule has 0 bridgehead atoms. The minimum Gasteiger partial charge on any atom is -0.508 e. The molecule has 5 nitrogen and oxygen atoms in total. The molecule has 0 unspecified atom stereocenters. The molecule has 0 atom stereocenters. The number of benzene rings is 2. The van der Waals surface area contributed by atoms with Crippen LogP contribution in [0.3, 0.4) is 0 Å². The van der Waals surface area contributed by atoms with Crippen LogP contribution in [0.5, 0.6) is 5.75 Å². The van der Waals surface area contributed by atoms with E-state index in [1.165, 1.54) is 12.1 Å².